The van der Waals surface area contributed by atoms with E-state index in [0.717, 1.165) is 32.1 Å². The molecule has 114 valence electrons. The van der Waals surface area contributed by atoms with Gasteiger partial charge in [-0.1, -0.05) is 33.1 Å². The van der Waals surface area contributed by atoms with E-state index in [1.54, 1.807) is 24.3 Å². The molecule has 0 saturated heterocycles. The van der Waals surface area contributed by atoms with Crippen LogP contribution in [-0.4, -0.2) is 18.6 Å². The number of nitriles is 1. The van der Waals surface area contributed by atoms with Gasteiger partial charge in [0.1, 0.15) is 5.75 Å². The third kappa shape index (κ3) is 6.80. The van der Waals surface area contributed by atoms with Gasteiger partial charge in [-0.05, 0) is 37.1 Å². The molecule has 0 aromatic heterocycles. The first kappa shape index (κ1) is 17.0. The van der Waals surface area contributed by atoms with Crippen LogP contribution in [-0.2, 0) is 4.79 Å². The molecule has 0 aliphatic rings. The van der Waals surface area contributed by atoms with E-state index in [9.17, 15) is 4.79 Å². The van der Waals surface area contributed by atoms with Crippen molar-refractivity contribution >= 4 is 5.91 Å². The van der Waals surface area contributed by atoms with Gasteiger partial charge < -0.3 is 10.1 Å². The summed E-state index contributed by atoms with van der Waals surface area (Å²) in [6, 6.07) is 9.04. The number of rotatable bonds is 9. The molecule has 21 heavy (non-hydrogen) atoms. The van der Waals surface area contributed by atoms with Crippen LogP contribution >= 0.6 is 0 Å². The SMILES string of the molecule is CCCCC(CCC)NC(=O)COc1ccc(C#N)cc1. The largest absolute Gasteiger partial charge is 0.484 e. The number of ether oxygens (including phenoxy) is 1. The summed E-state index contributed by atoms with van der Waals surface area (Å²) in [7, 11) is 0. The number of unbranched alkanes of at least 4 members (excludes halogenated alkanes) is 1. The third-order valence-electron chi connectivity index (χ3n) is 3.26. The van der Waals surface area contributed by atoms with E-state index in [2.05, 4.69) is 19.2 Å². The summed E-state index contributed by atoms with van der Waals surface area (Å²) in [5.74, 6) is 0.513. The van der Waals surface area contributed by atoms with E-state index in [4.69, 9.17) is 10.00 Å². The fourth-order valence-corrected chi connectivity index (χ4v) is 2.13. The molecule has 1 atom stereocenters. The molecule has 0 saturated carbocycles. The highest BCUT2D eigenvalue weighted by atomic mass is 16.5. The highest BCUT2D eigenvalue weighted by Gasteiger charge is 2.11. The first-order valence-electron chi connectivity index (χ1n) is 7.61. The number of carbonyl (C=O) groups is 1. The van der Waals surface area contributed by atoms with Crippen molar-refractivity contribution in [2.75, 3.05) is 6.61 Å². The lowest BCUT2D eigenvalue weighted by molar-refractivity contribution is -0.123. The van der Waals surface area contributed by atoms with Crippen LogP contribution in [0.2, 0.25) is 0 Å². The fraction of sp³-hybridized carbons (Fsp3) is 0.529. The zero-order chi connectivity index (χ0) is 15.5. The van der Waals surface area contributed by atoms with Crippen LogP contribution in [0.1, 0.15) is 51.5 Å². The highest BCUT2D eigenvalue weighted by molar-refractivity contribution is 5.77. The normalized spacial score (nSPS) is 11.5. The molecule has 4 heteroatoms. The van der Waals surface area contributed by atoms with Crippen molar-refractivity contribution in [1.29, 1.82) is 5.26 Å². The topological polar surface area (TPSA) is 62.1 Å². The van der Waals surface area contributed by atoms with E-state index >= 15 is 0 Å². The van der Waals surface area contributed by atoms with E-state index in [1.165, 1.54) is 0 Å². The molecule has 0 fully saturated rings. The van der Waals surface area contributed by atoms with Crippen LogP contribution in [0.5, 0.6) is 5.75 Å². The quantitative estimate of drug-likeness (QED) is 0.757. The first-order chi connectivity index (χ1) is 10.2. The summed E-state index contributed by atoms with van der Waals surface area (Å²) < 4.78 is 5.43. The zero-order valence-electron chi connectivity index (χ0n) is 12.9. The molecule has 1 N–H and O–H groups in total. The standard InChI is InChI=1S/C17H24N2O2/c1-3-5-7-15(6-4-2)19-17(20)13-21-16-10-8-14(12-18)9-11-16/h8-11,15H,3-7,13H2,1-2H3,(H,19,20). The molecule has 1 unspecified atom stereocenters. The first-order valence-corrected chi connectivity index (χ1v) is 7.61. The number of carbonyl (C=O) groups excluding carboxylic acids is 1. The summed E-state index contributed by atoms with van der Waals surface area (Å²) in [4.78, 5) is 11.9. The van der Waals surface area contributed by atoms with Crippen LogP contribution in [0.4, 0.5) is 0 Å². The Morgan fingerprint density at radius 2 is 1.95 bits per heavy atom. The van der Waals surface area contributed by atoms with Crippen molar-refractivity contribution < 1.29 is 9.53 Å². The van der Waals surface area contributed by atoms with Crippen molar-refractivity contribution in [3.63, 3.8) is 0 Å². The van der Waals surface area contributed by atoms with E-state index < -0.39 is 0 Å². The van der Waals surface area contributed by atoms with Gasteiger partial charge >= 0.3 is 0 Å². The van der Waals surface area contributed by atoms with Crippen molar-refractivity contribution in [1.82, 2.24) is 5.32 Å². The molecule has 1 amide bonds. The van der Waals surface area contributed by atoms with E-state index in [0.29, 0.717) is 11.3 Å². The highest BCUT2D eigenvalue weighted by Crippen LogP contribution is 2.11. The number of benzene rings is 1. The van der Waals surface area contributed by atoms with Crippen LogP contribution in [0.25, 0.3) is 0 Å². The van der Waals surface area contributed by atoms with Crippen LogP contribution in [0.3, 0.4) is 0 Å². The maximum Gasteiger partial charge on any atom is 0.258 e. The number of nitrogens with zero attached hydrogens (tertiary/aromatic N) is 1. The second kappa shape index (κ2) is 9.82. The molecule has 0 aliphatic heterocycles. The van der Waals surface area contributed by atoms with Gasteiger partial charge in [0.25, 0.3) is 5.91 Å². The minimum absolute atomic E-state index is 0.0121. The molecule has 0 spiro atoms. The summed E-state index contributed by atoms with van der Waals surface area (Å²) in [5, 5.41) is 11.7. The Hall–Kier alpha value is -2.02. The maximum absolute atomic E-state index is 11.9. The molecule has 1 aromatic rings. The average Bonchev–Trinajstić information content (AvgIpc) is 2.51. The summed E-state index contributed by atoms with van der Waals surface area (Å²) in [6.07, 6.45) is 5.35. The second-order valence-corrected chi connectivity index (χ2v) is 5.12. The molecule has 0 bridgehead atoms. The van der Waals surface area contributed by atoms with Gasteiger partial charge in [-0.25, -0.2) is 0 Å². The van der Waals surface area contributed by atoms with Gasteiger partial charge in [-0.3, -0.25) is 4.79 Å². The Labute approximate surface area is 127 Å². The summed E-state index contributed by atoms with van der Waals surface area (Å²) in [5.41, 5.74) is 0.578. The number of amides is 1. The third-order valence-corrected chi connectivity index (χ3v) is 3.26. The molecule has 4 nitrogen and oxygen atoms in total. The van der Waals surface area contributed by atoms with Crippen molar-refractivity contribution in [3.05, 3.63) is 29.8 Å². The average molecular weight is 288 g/mol. The minimum atomic E-state index is -0.0890. The van der Waals surface area contributed by atoms with Crippen molar-refractivity contribution in [2.24, 2.45) is 0 Å². The van der Waals surface area contributed by atoms with Gasteiger partial charge in [0, 0.05) is 6.04 Å². The Bertz CT molecular complexity index is 463. The van der Waals surface area contributed by atoms with Crippen molar-refractivity contribution in [3.8, 4) is 11.8 Å². The lowest BCUT2D eigenvalue weighted by Gasteiger charge is -2.18. The van der Waals surface area contributed by atoms with Crippen molar-refractivity contribution in [2.45, 2.75) is 52.0 Å². The lowest BCUT2D eigenvalue weighted by atomic mass is 10.1. The Balaban J connectivity index is 2.38. The van der Waals surface area contributed by atoms with Gasteiger partial charge in [-0.2, -0.15) is 5.26 Å². The van der Waals surface area contributed by atoms with Gasteiger partial charge in [-0.15, -0.1) is 0 Å². The predicted octanol–water partition coefficient (Wildman–Crippen LogP) is 3.41. The maximum atomic E-state index is 11.9. The fourth-order valence-electron chi connectivity index (χ4n) is 2.13. The monoisotopic (exact) mass is 288 g/mol. The smallest absolute Gasteiger partial charge is 0.258 e. The number of nitrogens with one attached hydrogen (secondary N) is 1. The number of hydrogen-bond acceptors (Lipinski definition) is 3. The lowest BCUT2D eigenvalue weighted by Crippen LogP contribution is -2.37. The molecular weight excluding hydrogens is 264 g/mol. The predicted molar refractivity (Wildman–Crippen MR) is 83.0 cm³/mol. The molecule has 1 rings (SSSR count). The molecule has 1 aromatic carbocycles. The minimum Gasteiger partial charge on any atom is -0.484 e. The van der Waals surface area contributed by atoms with Gasteiger partial charge in [0.05, 0.1) is 11.6 Å². The Morgan fingerprint density at radius 3 is 2.52 bits per heavy atom. The van der Waals surface area contributed by atoms with Gasteiger partial charge in [0.2, 0.25) is 0 Å². The Morgan fingerprint density at radius 1 is 1.24 bits per heavy atom. The van der Waals surface area contributed by atoms with Crippen LogP contribution < -0.4 is 10.1 Å². The molecule has 0 radical (unpaired) electrons. The van der Waals surface area contributed by atoms with E-state index in [-0.39, 0.29) is 18.6 Å². The van der Waals surface area contributed by atoms with E-state index in [1.807, 2.05) is 6.07 Å². The molecular formula is C17H24N2O2. The molecule has 0 heterocycles. The molecule has 0 aliphatic carbocycles. The van der Waals surface area contributed by atoms with Crippen LogP contribution in [0, 0.1) is 11.3 Å². The van der Waals surface area contributed by atoms with Crippen LogP contribution in [0.15, 0.2) is 24.3 Å². The number of hydrogen-bond donors (Lipinski definition) is 1. The zero-order valence-corrected chi connectivity index (χ0v) is 12.9. The second-order valence-electron chi connectivity index (χ2n) is 5.12. The summed E-state index contributed by atoms with van der Waals surface area (Å²) in [6.45, 7) is 4.29. The summed E-state index contributed by atoms with van der Waals surface area (Å²) >= 11 is 0. The van der Waals surface area contributed by atoms with Gasteiger partial charge in [0.15, 0.2) is 6.61 Å². The Kier molecular flexibility index (Phi) is 7.96.